The molecule has 0 unspecified atom stereocenters. The SMILES string of the molecule is COc1ccc(OCCC(=O)OCC(=O)NC(=O)Nc2ccc(C)cc2C)cc1. The van der Waals surface area contributed by atoms with Gasteiger partial charge in [0, 0.05) is 5.69 Å². The van der Waals surface area contributed by atoms with Gasteiger partial charge in [0.25, 0.3) is 5.91 Å². The number of hydrogen-bond acceptors (Lipinski definition) is 6. The van der Waals surface area contributed by atoms with E-state index in [4.69, 9.17) is 14.2 Å². The van der Waals surface area contributed by atoms with Crippen LogP contribution in [0, 0.1) is 13.8 Å². The third-order valence-electron chi connectivity index (χ3n) is 3.88. The summed E-state index contributed by atoms with van der Waals surface area (Å²) >= 11 is 0. The summed E-state index contributed by atoms with van der Waals surface area (Å²) in [5.74, 6) is -0.0519. The fourth-order valence-electron chi connectivity index (χ4n) is 2.41. The molecule has 8 nitrogen and oxygen atoms in total. The molecule has 2 N–H and O–H groups in total. The first-order valence-electron chi connectivity index (χ1n) is 8.98. The van der Waals surface area contributed by atoms with Gasteiger partial charge in [0.05, 0.1) is 20.1 Å². The number of rotatable bonds is 8. The van der Waals surface area contributed by atoms with E-state index in [9.17, 15) is 14.4 Å². The van der Waals surface area contributed by atoms with Crippen LogP contribution in [0.3, 0.4) is 0 Å². The summed E-state index contributed by atoms with van der Waals surface area (Å²) in [6.45, 7) is 3.33. The number of ether oxygens (including phenoxy) is 3. The predicted molar refractivity (Wildman–Crippen MR) is 107 cm³/mol. The van der Waals surface area contributed by atoms with Crippen molar-refractivity contribution in [2.24, 2.45) is 0 Å². The molecule has 29 heavy (non-hydrogen) atoms. The van der Waals surface area contributed by atoms with Crippen LogP contribution in [0.25, 0.3) is 0 Å². The van der Waals surface area contributed by atoms with E-state index >= 15 is 0 Å². The Morgan fingerprint density at radius 2 is 1.66 bits per heavy atom. The Balaban J connectivity index is 1.65. The first-order chi connectivity index (χ1) is 13.9. The van der Waals surface area contributed by atoms with Crippen molar-refractivity contribution in [2.45, 2.75) is 20.3 Å². The average Bonchev–Trinajstić information content (AvgIpc) is 2.69. The van der Waals surface area contributed by atoms with Crippen molar-refractivity contribution in [2.75, 3.05) is 25.6 Å². The highest BCUT2D eigenvalue weighted by atomic mass is 16.5. The topological polar surface area (TPSA) is 103 Å². The van der Waals surface area contributed by atoms with Gasteiger partial charge < -0.3 is 19.5 Å². The van der Waals surface area contributed by atoms with Gasteiger partial charge in [-0.05, 0) is 49.7 Å². The second-order valence-corrected chi connectivity index (χ2v) is 6.26. The third kappa shape index (κ3) is 7.53. The van der Waals surface area contributed by atoms with Gasteiger partial charge in [0.1, 0.15) is 11.5 Å². The largest absolute Gasteiger partial charge is 0.497 e. The fourth-order valence-corrected chi connectivity index (χ4v) is 2.41. The second-order valence-electron chi connectivity index (χ2n) is 6.26. The number of nitrogens with one attached hydrogen (secondary N) is 2. The lowest BCUT2D eigenvalue weighted by atomic mass is 10.1. The number of aryl methyl sites for hydroxylation is 2. The first-order valence-corrected chi connectivity index (χ1v) is 8.98. The van der Waals surface area contributed by atoms with Gasteiger partial charge in [-0.1, -0.05) is 17.7 Å². The zero-order valence-electron chi connectivity index (χ0n) is 16.6. The van der Waals surface area contributed by atoms with Crippen LogP contribution < -0.4 is 20.1 Å². The van der Waals surface area contributed by atoms with Crippen molar-refractivity contribution in [1.29, 1.82) is 0 Å². The number of carbonyl (C=O) groups excluding carboxylic acids is 3. The number of carbonyl (C=O) groups is 3. The highest BCUT2D eigenvalue weighted by Gasteiger charge is 2.12. The summed E-state index contributed by atoms with van der Waals surface area (Å²) in [5, 5.41) is 4.69. The molecule has 0 bridgehead atoms. The number of hydrogen-bond donors (Lipinski definition) is 2. The highest BCUT2D eigenvalue weighted by molar-refractivity contribution is 6.02. The lowest BCUT2D eigenvalue weighted by Gasteiger charge is -2.10. The molecule has 8 heteroatoms. The fraction of sp³-hybridized carbons (Fsp3) is 0.286. The molecule has 0 atom stereocenters. The predicted octanol–water partition coefficient (Wildman–Crippen LogP) is 2.97. The van der Waals surface area contributed by atoms with E-state index in [1.807, 2.05) is 26.0 Å². The molecule has 0 aliphatic rings. The van der Waals surface area contributed by atoms with Gasteiger partial charge in [0.15, 0.2) is 6.61 Å². The van der Waals surface area contributed by atoms with Crippen molar-refractivity contribution >= 4 is 23.6 Å². The van der Waals surface area contributed by atoms with Crippen molar-refractivity contribution in [3.63, 3.8) is 0 Å². The van der Waals surface area contributed by atoms with Gasteiger partial charge in [-0.2, -0.15) is 0 Å². The minimum atomic E-state index is -0.725. The molecular weight excluding hydrogens is 376 g/mol. The maximum absolute atomic E-state index is 11.9. The molecule has 0 aromatic heterocycles. The molecule has 2 rings (SSSR count). The number of amides is 3. The first kappa shape index (κ1) is 21.7. The van der Waals surface area contributed by atoms with E-state index in [0.717, 1.165) is 11.1 Å². The minimum Gasteiger partial charge on any atom is -0.497 e. The molecule has 0 saturated heterocycles. The Morgan fingerprint density at radius 3 is 2.31 bits per heavy atom. The molecule has 2 aromatic carbocycles. The van der Waals surface area contributed by atoms with Crippen molar-refractivity contribution < 1.29 is 28.6 Å². The Labute approximate surface area is 169 Å². The number of urea groups is 1. The number of imide groups is 1. The number of esters is 1. The summed E-state index contributed by atoms with van der Waals surface area (Å²) in [6, 6.07) is 11.7. The van der Waals surface area contributed by atoms with E-state index in [1.54, 1.807) is 37.4 Å². The van der Waals surface area contributed by atoms with E-state index in [0.29, 0.717) is 17.2 Å². The van der Waals surface area contributed by atoms with E-state index in [-0.39, 0.29) is 13.0 Å². The highest BCUT2D eigenvalue weighted by Crippen LogP contribution is 2.17. The molecule has 0 saturated carbocycles. The molecule has 0 aliphatic carbocycles. The average molecular weight is 400 g/mol. The molecule has 3 amide bonds. The maximum Gasteiger partial charge on any atom is 0.325 e. The zero-order valence-corrected chi connectivity index (χ0v) is 16.6. The third-order valence-corrected chi connectivity index (χ3v) is 3.88. The van der Waals surface area contributed by atoms with E-state index in [1.165, 1.54) is 0 Å². The summed E-state index contributed by atoms with van der Waals surface area (Å²) < 4.78 is 15.3. The minimum absolute atomic E-state index is 0.0337. The monoisotopic (exact) mass is 400 g/mol. The van der Waals surface area contributed by atoms with Crippen LogP contribution in [0.4, 0.5) is 10.5 Å². The van der Waals surface area contributed by atoms with Crippen molar-refractivity contribution in [3.8, 4) is 11.5 Å². The molecule has 154 valence electrons. The molecule has 0 heterocycles. The Kier molecular flexibility index (Phi) is 8.02. The molecule has 0 aliphatic heterocycles. The smallest absolute Gasteiger partial charge is 0.325 e. The van der Waals surface area contributed by atoms with Crippen LogP contribution in [0.5, 0.6) is 11.5 Å². The van der Waals surface area contributed by atoms with Crippen LogP contribution in [0.2, 0.25) is 0 Å². The molecular formula is C21H24N2O6. The lowest BCUT2D eigenvalue weighted by Crippen LogP contribution is -2.37. The van der Waals surface area contributed by atoms with Gasteiger partial charge in [0.2, 0.25) is 0 Å². The van der Waals surface area contributed by atoms with Gasteiger partial charge in [-0.25, -0.2) is 4.79 Å². The second kappa shape index (κ2) is 10.7. The van der Waals surface area contributed by atoms with Gasteiger partial charge in [-0.15, -0.1) is 0 Å². The standard InChI is InChI=1S/C21H24N2O6/c1-14-4-9-18(15(2)12-14)22-21(26)23-19(24)13-29-20(25)10-11-28-17-7-5-16(27-3)6-8-17/h4-9,12H,10-11,13H2,1-3H3,(H2,22,23,24,26). The maximum atomic E-state index is 11.9. The van der Waals surface area contributed by atoms with Crippen molar-refractivity contribution in [1.82, 2.24) is 5.32 Å². The summed E-state index contributed by atoms with van der Waals surface area (Å²) in [7, 11) is 1.56. The van der Waals surface area contributed by atoms with E-state index in [2.05, 4.69) is 10.6 Å². The van der Waals surface area contributed by atoms with Gasteiger partial charge >= 0.3 is 12.0 Å². The summed E-state index contributed by atoms with van der Waals surface area (Å²) in [4.78, 5) is 35.3. The Morgan fingerprint density at radius 1 is 0.966 bits per heavy atom. The van der Waals surface area contributed by atoms with Crippen LogP contribution in [-0.2, 0) is 14.3 Å². The quantitative estimate of drug-likeness (QED) is 0.661. The number of benzene rings is 2. The number of anilines is 1. The van der Waals surface area contributed by atoms with Crippen LogP contribution in [-0.4, -0.2) is 38.2 Å². The number of methoxy groups -OCH3 is 1. The van der Waals surface area contributed by atoms with Crippen LogP contribution in [0.1, 0.15) is 17.5 Å². The van der Waals surface area contributed by atoms with Crippen LogP contribution in [0.15, 0.2) is 42.5 Å². The lowest BCUT2D eigenvalue weighted by molar-refractivity contribution is -0.148. The normalized spacial score (nSPS) is 10.0. The summed E-state index contributed by atoms with van der Waals surface area (Å²) in [6.07, 6.45) is -0.0337. The van der Waals surface area contributed by atoms with Crippen molar-refractivity contribution in [3.05, 3.63) is 53.6 Å². The van der Waals surface area contributed by atoms with Crippen LogP contribution >= 0.6 is 0 Å². The summed E-state index contributed by atoms with van der Waals surface area (Å²) in [5.41, 5.74) is 2.52. The molecule has 0 radical (unpaired) electrons. The molecule has 0 spiro atoms. The Bertz CT molecular complexity index is 864. The Hall–Kier alpha value is -3.55. The van der Waals surface area contributed by atoms with Gasteiger partial charge in [-0.3, -0.25) is 14.9 Å². The molecule has 2 aromatic rings. The van der Waals surface area contributed by atoms with E-state index < -0.39 is 24.5 Å². The molecule has 0 fully saturated rings. The zero-order chi connectivity index (χ0) is 21.2.